The number of nitrogens with one attached hydrogen (secondary N) is 2. The summed E-state index contributed by atoms with van der Waals surface area (Å²) in [6.07, 6.45) is 8.89. The Hall–Kier alpha value is -0.990. The largest absolute Gasteiger partial charge is 0.383 e. The quantitative estimate of drug-likeness (QED) is 0.639. The van der Waals surface area contributed by atoms with Crippen LogP contribution < -0.4 is 5.32 Å². The van der Waals surface area contributed by atoms with Crippen LogP contribution in [0.2, 0.25) is 0 Å². The summed E-state index contributed by atoms with van der Waals surface area (Å²) < 4.78 is 0. The molecular weight excluding hydrogens is 150 g/mol. The van der Waals surface area contributed by atoms with Crippen LogP contribution in [-0.2, 0) is 0 Å². The molecule has 1 aromatic heterocycles. The van der Waals surface area contributed by atoms with Gasteiger partial charge in [-0.2, -0.15) is 5.10 Å². The fourth-order valence-corrected chi connectivity index (χ4v) is 1.13. The molecular formula is C9H17N3. The average molecular weight is 167 g/mol. The SMILES string of the molecule is CCCCCCNc1cn[nH]c1. The number of hydrogen-bond donors (Lipinski definition) is 2. The smallest absolute Gasteiger partial charge is 0.0723 e. The number of unbranched alkanes of at least 4 members (excludes halogenated alkanes) is 3. The van der Waals surface area contributed by atoms with Crippen molar-refractivity contribution in [2.24, 2.45) is 0 Å². The maximum absolute atomic E-state index is 3.85. The molecule has 0 saturated carbocycles. The number of H-pyrrole nitrogens is 1. The van der Waals surface area contributed by atoms with E-state index in [4.69, 9.17) is 0 Å². The van der Waals surface area contributed by atoms with Gasteiger partial charge in [0.25, 0.3) is 0 Å². The topological polar surface area (TPSA) is 40.7 Å². The van der Waals surface area contributed by atoms with Gasteiger partial charge in [-0.15, -0.1) is 0 Å². The van der Waals surface area contributed by atoms with Crippen molar-refractivity contribution in [1.29, 1.82) is 0 Å². The highest BCUT2D eigenvalue weighted by Gasteiger charge is 1.90. The maximum atomic E-state index is 3.85. The highest BCUT2D eigenvalue weighted by atomic mass is 15.1. The summed E-state index contributed by atoms with van der Waals surface area (Å²) in [5.41, 5.74) is 1.09. The molecule has 0 aromatic carbocycles. The number of anilines is 1. The van der Waals surface area contributed by atoms with E-state index in [0.29, 0.717) is 0 Å². The molecule has 0 unspecified atom stereocenters. The summed E-state index contributed by atoms with van der Waals surface area (Å²) in [5.74, 6) is 0. The molecule has 1 heterocycles. The van der Waals surface area contributed by atoms with Gasteiger partial charge in [-0.05, 0) is 6.42 Å². The Morgan fingerprint density at radius 3 is 3.00 bits per heavy atom. The average Bonchev–Trinajstić information content (AvgIpc) is 2.57. The highest BCUT2D eigenvalue weighted by Crippen LogP contribution is 2.03. The maximum Gasteiger partial charge on any atom is 0.0723 e. The fourth-order valence-electron chi connectivity index (χ4n) is 1.13. The van der Waals surface area contributed by atoms with Crippen molar-refractivity contribution in [3.63, 3.8) is 0 Å². The Morgan fingerprint density at radius 1 is 1.42 bits per heavy atom. The van der Waals surface area contributed by atoms with Gasteiger partial charge in [0.15, 0.2) is 0 Å². The van der Waals surface area contributed by atoms with E-state index in [1.54, 1.807) is 6.20 Å². The molecule has 12 heavy (non-hydrogen) atoms. The molecule has 0 aliphatic heterocycles. The standard InChI is InChI=1S/C9H17N3/c1-2-3-4-5-6-10-9-7-11-12-8-9/h7-8,10H,2-6H2,1H3,(H,11,12). The molecule has 0 aliphatic rings. The van der Waals surface area contributed by atoms with Gasteiger partial charge in [-0.1, -0.05) is 26.2 Å². The van der Waals surface area contributed by atoms with E-state index in [1.165, 1.54) is 25.7 Å². The molecule has 3 nitrogen and oxygen atoms in total. The third-order valence-corrected chi connectivity index (χ3v) is 1.86. The lowest BCUT2D eigenvalue weighted by molar-refractivity contribution is 0.685. The molecule has 0 spiro atoms. The van der Waals surface area contributed by atoms with E-state index in [0.717, 1.165) is 12.2 Å². The van der Waals surface area contributed by atoms with Crippen LogP contribution in [0.5, 0.6) is 0 Å². The molecule has 1 rings (SSSR count). The second-order valence-corrected chi connectivity index (χ2v) is 2.97. The first-order valence-electron chi connectivity index (χ1n) is 4.66. The Balaban J connectivity index is 1.96. The fraction of sp³-hybridized carbons (Fsp3) is 0.667. The molecule has 0 bridgehead atoms. The van der Waals surface area contributed by atoms with E-state index in [2.05, 4.69) is 22.4 Å². The van der Waals surface area contributed by atoms with Gasteiger partial charge in [-0.25, -0.2) is 0 Å². The van der Waals surface area contributed by atoms with Crippen molar-refractivity contribution >= 4 is 5.69 Å². The van der Waals surface area contributed by atoms with Gasteiger partial charge in [-0.3, -0.25) is 5.10 Å². The van der Waals surface area contributed by atoms with E-state index in [9.17, 15) is 0 Å². The van der Waals surface area contributed by atoms with Crippen molar-refractivity contribution in [1.82, 2.24) is 10.2 Å². The molecule has 0 atom stereocenters. The molecule has 68 valence electrons. The van der Waals surface area contributed by atoms with Crippen molar-refractivity contribution in [3.8, 4) is 0 Å². The third-order valence-electron chi connectivity index (χ3n) is 1.86. The van der Waals surface area contributed by atoms with Crippen LogP contribution in [0.1, 0.15) is 32.6 Å². The second-order valence-electron chi connectivity index (χ2n) is 2.97. The molecule has 1 aromatic rings. The summed E-state index contributed by atoms with van der Waals surface area (Å²) in [4.78, 5) is 0. The first kappa shape index (κ1) is 9.10. The Bertz CT molecular complexity index is 182. The molecule has 2 N–H and O–H groups in total. The Kier molecular flexibility index (Phi) is 4.27. The van der Waals surface area contributed by atoms with E-state index in [1.807, 2.05) is 6.20 Å². The van der Waals surface area contributed by atoms with Crippen LogP contribution in [0.4, 0.5) is 5.69 Å². The number of rotatable bonds is 6. The van der Waals surface area contributed by atoms with Crippen molar-refractivity contribution in [2.75, 3.05) is 11.9 Å². The Morgan fingerprint density at radius 2 is 2.33 bits per heavy atom. The summed E-state index contributed by atoms with van der Waals surface area (Å²) in [6.45, 7) is 3.28. The molecule has 3 heteroatoms. The predicted molar refractivity (Wildman–Crippen MR) is 51.2 cm³/mol. The zero-order valence-corrected chi connectivity index (χ0v) is 7.64. The molecule has 0 amide bonds. The van der Waals surface area contributed by atoms with Crippen molar-refractivity contribution in [2.45, 2.75) is 32.6 Å². The van der Waals surface area contributed by atoms with E-state index >= 15 is 0 Å². The molecule has 0 aliphatic carbocycles. The third kappa shape index (κ3) is 3.42. The molecule has 0 fully saturated rings. The highest BCUT2D eigenvalue weighted by molar-refractivity contribution is 5.37. The summed E-state index contributed by atoms with van der Waals surface area (Å²) in [7, 11) is 0. The van der Waals surface area contributed by atoms with Crippen LogP contribution in [0, 0.1) is 0 Å². The Labute approximate surface area is 73.6 Å². The number of aromatic nitrogens is 2. The molecule has 0 radical (unpaired) electrons. The van der Waals surface area contributed by atoms with Crippen molar-refractivity contribution < 1.29 is 0 Å². The first-order valence-corrected chi connectivity index (χ1v) is 4.66. The van der Waals surface area contributed by atoms with Gasteiger partial charge < -0.3 is 5.32 Å². The molecule has 0 saturated heterocycles. The normalized spacial score (nSPS) is 10.1. The van der Waals surface area contributed by atoms with Crippen LogP contribution in [0.3, 0.4) is 0 Å². The lowest BCUT2D eigenvalue weighted by Gasteiger charge is -2.01. The van der Waals surface area contributed by atoms with Gasteiger partial charge in [0.1, 0.15) is 0 Å². The zero-order chi connectivity index (χ0) is 8.65. The van der Waals surface area contributed by atoms with Gasteiger partial charge in [0.05, 0.1) is 11.9 Å². The van der Waals surface area contributed by atoms with E-state index < -0.39 is 0 Å². The summed E-state index contributed by atoms with van der Waals surface area (Å²) in [5, 5.41) is 9.91. The van der Waals surface area contributed by atoms with Crippen molar-refractivity contribution in [3.05, 3.63) is 12.4 Å². The van der Waals surface area contributed by atoms with Gasteiger partial charge in [0, 0.05) is 12.7 Å². The number of nitrogens with zero attached hydrogens (tertiary/aromatic N) is 1. The lowest BCUT2D eigenvalue weighted by atomic mass is 10.2. The van der Waals surface area contributed by atoms with Crippen LogP contribution in [0.15, 0.2) is 12.4 Å². The van der Waals surface area contributed by atoms with Crippen LogP contribution in [0.25, 0.3) is 0 Å². The monoisotopic (exact) mass is 167 g/mol. The minimum Gasteiger partial charge on any atom is -0.383 e. The van der Waals surface area contributed by atoms with Gasteiger partial charge in [0.2, 0.25) is 0 Å². The van der Waals surface area contributed by atoms with E-state index in [-0.39, 0.29) is 0 Å². The number of hydrogen-bond acceptors (Lipinski definition) is 2. The lowest BCUT2D eigenvalue weighted by Crippen LogP contribution is -1.99. The summed E-state index contributed by atoms with van der Waals surface area (Å²) in [6, 6.07) is 0. The minimum atomic E-state index is 1.06. The minimum absolute atomic E-state index is 1.06. The number of aromatic amines is 1. The first-order chi connectivity index (χ1) is 5.93. The second kappa shape index (κ2) is 5.63. The van der Waals surface area contributed by atoms with Gasteiger partial charge >= 0.3 is 0 Å². The summed E-state index contributed by atoms with van der Waals surface area (Å²) >= 11 is 0. The van der Waals surface area contributed by atoms with Crippen LogP contribution in [-0.4, -0.2) is 16.7 Å². The predicted octanol–water partition coefficient (Wildman–Crippen LogP) is 2.40. The van der Waals surface area contributed by atoms with Crippen LogP contribution >= 0.6 is 0 Å². The zero-order valence-electron chi connectivity index (χ0n) is 7.64.